The van der Waals surface area contributed by atoms with Crippen molar-refractivity contribution in [2.24, 2.45) is 0 Å². The second-order valence-electron chi connectivity index (χ2n) is 4.82. The second kappa shape index (κ2) is 4.56. The van der Waals surface area contributed by atoms with E-state index >= 15 is 0 Å². The first-order valence-electron chi connectivity index (χ1n) is 6.72. The first kappa shape index (κ1) is 11.8. The lowest BCUT2D eigenvalue weighted by atomic mass is 10.1. The summed E-state index contributed by atoms with van der Waals surface area (Å²) in [4.78, 5) is 16.5. The molecule has 4 aromatic heterocycles. The number of hydrogen-bond acceptors (Lipinski definition) is 4. The third kappa shape index (κ3) is 1.90. The van der Waals surface area contributed by atoms with E-state index in [1.165, 1.54) is 0 Å². The van der Waals surface area contributed by atoms with Gasteiger partial charge in [-0.2, -0.15) is 0 Å². The summed E-state index contributed by atoms with van der Waals surface area (Å²) in [5, 5.41) is 5.19. The van der Waals surface area contributed by atoms with Gasteiger partial charge in [0.15, 0.2) is 0 Å². The third-order valence-corrected chi connectivity index (χ3v) is 3.57. The molecule has 0 bridgehead atoms. The summed E-state index contributed by atoms with van der Waals surface area (Å²) >= 11 is 0. The number of anilines is 1. The Balaban J connectivity index is 1.87. The lowest BCUT2D eigenvalue weighted by Crippen LogP contribution is -1.92. The molecule has 2 N–H and O–H groups in total. The molecule has 0 amide bonds. The Kier molecular flexibility index (Phi) is 2.57. The van der Waals surface area contributed by atoms with E-state index in [4.69, 9.17) is 4.98 Å². The number of rotatable bonds is 2. The van der Waals surface area contributed by atoms with Crippen molar-refractivity contribution in [3.05, 3.63) is 48.9 Å². The van der Waals surface area contributed by atoms with E-state index in [1.54, 1.807) is 6.20 Å². The fourth-order valence-corrected chi connectivity index (χ4v) is 2.47. The first-order chi connectivity index (χ1) is 10.3. The normalized spacial score (nSPS) is 11.1. The number of H-pyrrole nitrogens is 1. The van der Waals surface area contributed by atoms with E-state index in [0.29, 0.717) is 0 Å². The molecule has 0 radical (unpaired) electrons. The van der Waals surface area contributed by atoms with Crippen LogP contribution in [0.4, 0.5) is 5.82 Å². The van der Waals surface area contributed by atoms with Gasteiger partial charge in [0.2, 0.25) is 0 Å². The lowest BCUT2D eigenvalue weighted by Gasteiger charge is -2.02. The van der Waals surface area contributed by atoms with Crippen LogP contribution in [0, 0.1) is 0 Å². The maximum absolute atomic E-state index is 4.69. The van der Waals surface area contributed by atoms with Gasteiger partial charge in [-0.05, 0) is 30.3 Å². The van der Waals surface area contributed by atoms with E-state index in [2.05, 4.69) is 26.3 Å². The molecule has 5 heteroatoms. The van der Waals surface area contributed by atoms with Crippen molar-refractivity contribution >= 4 is 27.8 Å². The minimum Gasteiger partial charge on any atom is -0.373 e. The molecule has 0 saturated heterocycles. The Hall–Kier alpha value is -2.95. The zero-order chi connectivity index (χ0) is 14.2. The van der Waals surface area contributed by atoms with Crippen LogP contribution in [0.5, 0.6) is 0 Å². The average Bonchev–Trinajstić information content (AvgIpc) is 2.92. The molecule has 5 nitrogen and oxygen atoms in total. The van der Waals surface area contributed by atoms with Crippen LogP contribution in [0.3, 0.4) is 0 Å². The van der Waals surface area contributed by atoms with Crippen molar-refractivity contribution in [2.75, 3.05) is 12.4 Å². The number of nitrogens with zero attached hydrogens (tertiary/aromatic N) is 3. The Morgan fingerprint density at radius 3 is 2.76 bits per heavy atom. The minimum atomic E-state index is 0.844. The Bertz CT molecular complexity index is 924. The highest BCUT2D eigenvalue weighted by Gasteiger charge is 2.07. The molecule has 0 atom stereocenters. The summed E-state index contributed by atoms with van der Waals surface area (Å²) in [5.74, 6) is 0.844. The van der Waals surface area contributed by atoms with Gasteiger partial charge in [-0.3, -0.25) is 4.98 Å². The Morgan fingerprint density at radius 2 is 1.95 bits per heavy atom. The molecule has 0 unspecified atom stereocenters. The van der Waals surface area contributed by atoms with Gasteiger partial charge < -0.3 is 10.3 Å². The van der Waals surface area contributed by atoms with Crippen molar-refractivity contribution < 1.29 is 0 Å². The summed E-state index contributed by atoms with van der Waals surface area (Å²) in [6, 6.07) is 10.00. The van der Waals surface area contributed by atoms with Crippen LogP contribution >= 0.6 is 0 Å². The van der Waals surface area contributed by atoms with Gasteiger partial charge in [0, 0.05) is 42.0 Å². The Labute approximate surface area is 121 Å². The molecular weight excluding hydrogens is 262 g/mol. The monoisotopic (exact) mass is 275 g/mol. The highest BCUT2D eigenvalue weighted by Crippen LogP contribution is 2.26. The van der Waals surface area contributed by atoms with Crippen LogP contribution < -0.4 is 5.32 Å². The average molecular weight is 275 g/mol. The number of aromatic amines is 1. The molecule has 102 valence electrons. The van der Waals surface area contributed by atoms with E-state index in [1.807, 2.05) is 43.7 Å². The summed E-state index contributed by atoms with van der Waals surface area (Å²) in [6.45, 7) is 0. The molecule has 4 aromatic rings. The van der Waals surface area contributed by atoms with Gasteiger partial charge in [-0.25, -0.2) is 9.97 Å². The molecule has 0 aliphatic rings. The third-order valence-electron chi connectivity index (χ3n) is 3.57. The van der Waals surface area contributed by atoms with E-state index < -0.39 is 0 Å². The molecule has 0 spiro atoms. The second-order valence-corrected chi connectivity index (χ2v) is 4.82. The van der Waals surface area contributed by atoms with E-state index in [0.717, 1.165) is 39.0 Å². The SMILES string of the molecule is CNc1ccc(-c2ccc3c(n2)[nH]c2ccncc23)cn1. The van der Waals surface area contributed by atoms with Crippen molar-refractivity contribution in [1.82, 2.24) is 19.9 Å². The summed E-state index contributed by atoms with van der Waals surface area (Å²) in [7, 11) is 1.85. The number of hydrogen-bond donors (Lipinski definition) is 2. The lowest BCUT2D eigenvalue weighted by molar-refractivity contribution is 1.27. The van der Waals surface area contributed by atoms with Crippen LogP contribution in [0.15, 0.2) is 48.9 Å². The quantitative estimate of drug-likeness (QED) is 0.589. The standard InChI is InChI=1S/C16H13N5/c1-17-15-5-2-10(8-19-15)13-4-3-11-12-9-18-7-6-14(12)21-16(11)20-13/h2-9H,1H3,(H,17,19)(H,20,21). The van der Waals surface area contributed by atoms with Gasteiger partial charge in [-0.1, -0.05) is 0 Å². The molecule has 0 aliphatic carbocycles. The van der Waals surface area contributed by atoms with Crippen LogP contribution in [-0.4, -0.2) is 27.0 Å². The number of aromatic nitrogens is 4. The summed E-state index contributed by atoms with van der Waals surface area (Å²) in [5.41, 5.74) is 3.81. The van der Waals surface area contributed by atoms with Crippen molar-refractivity contribution in [1.29, 1.82) is 0 Å². The summed E-state index contributed by atoms with van der Waals surface area (Å²) < 4.78 is 0. The molecule has 0 aliphatic heterocycles. The van der Waals surface area contributed by atoms with Gasteiger partial charge >= 0.3 is 0 Å². The molecule has 4 heterocycles. The zero-order valence-electron chi connectivity index (χ0n) is 11.5. The van der Waals surface area contributed by atoms with Crippen LogP contribution in [0.1, 0.15) is 0 Å². The minimum absolute atomic E-state index is 0.844. The number of fused-ring (bicyclic) bond motifs is 3. The predicted octanol–water partition coefficient (Wildman–Crippen LogP) is 3.21. The van der Waals surface area contributed by atoms with Gasteiger partial charge in [0.25, 0.3) is 0 Å². The van der Waals surface area contributed by atoms with Crippen molar-refractivity contribution in [3.63, 3.8) is 0 Å². The van der Waals surface area contributed by atoms with Gasteiger partial charge in [0.1, 0.15) is 11.5 Å². The largest absolute Gasteiger partial charge is 0.373 e. The van der Waals surface area contributed by atoms with Crippen molar-refractivity contribution in [2.45, 2.75) is 0 Å². The maximum Gasteiger partial charge on any atom is 0.139 e. The zero-order valence-corrected chi connectivity index (χ0v) is 11.5. The van der Waals surface area contributed by atoms with E-state index in [-0.39, 0.29) is 0 Å². The fraction of sp³-hybridized carbons (Fsp3) is 0.0625. The van der Waals surface area contributed by atoms with Gasteiger partial charge in [0.05, 0.1) is 11.2 Å². The van der Waals surface area contributed by atoms with Crippen molar-refractivity contribution in [3.8, 4) is 11.3 Å². The maximum atomic E-state index is 4.69. The molecule has 0 saturated carbocycles. The van der Waals surface area contributed by atoms with E-state index in [9.17, 15) is 0 Å². The summed E-state index contributed by atoms with van der Waals surface area (Å²) in [6.07, 6.45) is 5.46. The highest BCUT2D eigenvalue weighted by atomic mass is 14.9. The van der Waals surface area contributed by atoms with Crippen LogP contribution in [0.2, 0.25) is 0 Å². The fourth-order valence-electron chi connectivity index (χ4n) is 2.47. The molecular formula is C16H13N5. The van der Waals surface area contributed by atoms with Crippen LogP contribution in [0.25, 0.3) is 33.2 Å². The molecule has 0 aromatic carbocycles. The molecule has 0 fully saturated rings. The topological polar surface area (TPSA) is 66.5 Å². The predicted molar refractivity (Wildman–Crippen MR) is 84.2 cm³/mol. The number of nitrogens with one attached hydrogen (secondary N) is 2. The molecule has 21 heavy (non-hydrogen) atoms. The Morgan fingerprint density at radius 1 is 1.00 bits per heavy atom. The number of pyridine rings is 3. The smallest absolute Gasteiger partial charge is 0.139 e. The molecule has 4 rings (SSSR count). The highest BCUT2D eigenvalue weighted by molar-refractivity contribution is 6.05. The first-order valence-corrected chi connectivity index (χ1v) is 6.72. The van der Waals surface area contributed by atoms with Crippen LogP contribution in [-0.2, 0) is 0 Å². The van der Waals surface area contributed by atoms with Gasteiger partial charge in [-0.15, -0.1) is 0 Å².